The van der Waals surface area contributed by atoms with Crippen LogP contribution in [-0.4, -0.2) is 5.97 Å². The Bertz CT molecular complexity index is 746. The zero-order valence-corrected chi connectivity index (χ0v) is 13.7. The Morgan fingerprint density at radius 2 is 1.32 bits per heavy atom. The lowest BCUT2D eigenvalue weighted by molar-refractivity contribution is -0.128. The van der Waals surface area contributed by atoms with Crippen molar-refractivity contribution in [2.24, 2.45) is 0 Å². The van der Waals surface area contributed by atoms with E-state index in [1.54, 1.807) is 0 Å². The highest BCUT2D eigenvalue weighted by molar-refractivity contribution is 5.91. The number of ether oxygens (including phenoxy) is 1. The van der Waals surface area contributed by atoms with Crippen LogP contribution in [0.3, 0.4) is 0 Å². The predicted octanol–water partition coefficient (Wildman–Crippen LogP) is 4.19. The summed E-state index contributed by atoms with van der Waals surface area (Å²) in [4.78, 5) is 12.0. The Balaban J connectivity index is 2.29. The van der Waals surface area contributed by atoms with Gasteiger partial charge in [0, 0.05) is 11.5 Å². The SMILES string of the molecule is Cc1c(C)c(C)c(OC(=O)C#Cc2ccccc2)c(C)c1C. The molecule has 2 aromatic carbocycles. The topological polar surface area (TPSA) is 26.3 Å². The van der Waals surface area contributed by atoms with Crippen molar-refractivity contribution in [2.45, 2.75) is 34.6 Å². The molecule has 0 aromatic heterocycles. The number of carbonyl (C=O) groups is 1. The maximum Gasteiger partial charge on any atom is 0.390 e. The monoisotopic (exact) mass is 292 g/mol. The molecule has 2 rings (SSSR count). The molecular formula is C20H20O2. The first-order valence-corrected chi connectivity index (χ1v) is 7.27. The largest absolute Gasteiger partial charge is 0.416 e. The van der Waals surface area contributed by atoms with E-state index in [4.69, 9.17) is 4.74 Å². The minimum absolute atomic E-state index is 0.530. The summed E-state index contributed by atoms with van der Waals surface area (Å²) >= 11 is 0. The molecule has 112 valence electrons. The molecule has 2 nitrogen and oxygen atoms in total. The number of benzene rings is 2. The first-order valence-electron chi connectivity index (χ1n) is 7.27. The summed E-state index contributed by atoms with van der Waals surface area (Å²) in [6.07, 6.45) is 0. The van der Waals surface area contributed by atoms with Crippen LogP contribution in [0.15, 0.2) is 30.3 Å². The molecule has 0 spiro atoms. The number of hydrogen-bond donors (Lipinski definition) is 0. The molecule has 0 aliphatic rings. The predicted molar refractivity (Wildman–Crippen MR) is 89.1 cm³/mol. The second kappa shape index (κ2) is 6.49. The molecule has 22 heavy (non-hydrogen) atoms. The summed E-state index contributed by atoms with van der Waals surface area (Å²) in [5.74, 6) is 5.47. The van der Waals surface area contributed by atoms with E-state index < -0.39 is 5.97 Å². The average molecular weight is 292 g/mol. The molecule has 0 saturated carbocycles. The molecular weight excluding hydrogens is 272 g/mol. The molecule has 0 unspecified atom stereocenters. The van der Waals surface area contributed by atoms with Crippen LogP contribution in [0.25, 0.3) is 0 Å². The van der Waals surface area contributed by atoms with E-state index in [2.05, 4.69) is 18.8 Å². The van der Waals surface area contributed by atoms with E-state index in [1.807, 2.05) is 58.0 Å². The van der Waals surface area contributed by atoms with Crippen LogP contribution >= 0.6 is 0 Å². The fourth-order valence-electron chi connectivity index (χ4n) is 2.38. The van der Waals surface area contributed by atoms with E-state index in [1.165, 1.54) is 5.56 Å². The lowest BCUT2D eigenvalue weighted by atomic mass is 9.94. The maximum absolute atomic E-state index is 12.0. The molecule has 0 radical (unpaired) electrons. The molecule has 0 amide bonds. The van der Waals surface area contributed by atoms with Crippen molar-refractivity contribution in [1.29, 1.82) is 0 Å². The van der Waals surface area contributed by atoms with Crippen molar-refractivity contribution >= 4 is 5.97 Å². The molecule has 2 aromatic rings. The lowest BCUT2D eigenvalue weighted by Gasteiger charge is -2.17. The first kappa shape index (κ1) is 15.9. The Morgan fingerprint density at radius 1 is 0.818 bits per heavy atom. The quantitative estimate of drug-likeness (QED) is 0.447. The summed E-state index contributed by atoms with van der Waals surface area (Å²) in [5.41, 5.74) is 6.34. The molecule has 2 heteroatoms. The molecule has 0 saturated heterocycles. The summed E-state index contributed by atoms with van der Waals surface area (Å²) in [5, 5.41) is 0. The van der Waals surface area contributed by atoms with Gasteiger partial charge in [-0.3, -0.25) is 0 Å². The van der Waals surface area contributed by atoms with Gasteiger partial charge in [0.05, 0.1) is 0 Å². The van der Waals surface area contributed by atoms with Gasteiger partial charge in [0.25, 0.3) is 0 Å². The Morgan fingerprint density at radius 3 is 1.86 bits per heavy atom. The van der Waals surface area contributed by atoms with Gasteiger partial charge in [-0.1, -0.05) is 24.1 Å². The Labute approximate surface area is 132 Å². The second-order valence-corrected chi connectivity index (χ2v) is 5.46. The maximum atomic E-state index is 12.0. The first-order chi connectivity index (χ1) is 10.4. The summed E-state index contributed by atoms with van der Waals surface area (Å²) in [6.45, 7) is 10.1. The van der Waals surface area contributed by atoms with Gasteiger partial charge in [0.15, 0.2) is 0 Å². The third-order valence-electron chi connectivity index (χ3n) is 4.21. The fraction of sp³-hybridized carbons (Fsp3) is 0.250. The van der Waals surface area contributed by atoms with Crippen LogP contribution in [0, 0.1) is 46.5 Å². The summed E-state index contributed by atoms with van der Waals surface area (Å²) < 4.78 is 5.50. The van der Waals surface area contributed by atoms with Crippen LogP contribution in [-0.2, 0) is 4.79 Å². The smallest absolute Gasteiger partial charge is 0.390 e. The van der Waals surface area contributed by atoms with Crippen molar-refractivity contribution < 1.29 is 9.53 Å². The van der Waals surface area contributed by atoms with Gasteiger partial charge in [-0.15, -0.1) is 0 Å². The molecule has 0 bridgehead atoms. The number of hydrogen-bond acceptors (Lipinski definition) is 2. The third kappa shape index (κ3) is 3.20. The molecule has 0 atom stereocenters. The molecule has 0 N–H and O–H groups in total. The minimum Gasteiger partial charge on any atom is -0.416 e. The molecule has 0 fully saturated rings. The lowest BCUT2D eigenvalue weighted by Crippen LogP contribution is -2.09. The molecule has 0 aliphatic carbocycles. The molecule has 0 heterocycles. The highest BCUT2D eigenvalue weighted by atomic mass is 16.5. The van der Waals surface area contributed by atoms with Crippen molar-refractivity contribution in [1.82, 2.24) is 0 Å². The van der Waals surface area contributed by atoms with E-state index >= 15 is 0 Å². The average Bonchev–Trinajstić information content (AvgIpc) is 2.54. The van der Waals surface area contributed by atoms with Crippen molar-refractivity contribution in [3.8, 4) is 17.6 Å². The normalized spacial score (nSPS) is 9.86. The van der Waals surface area contributed by atoms with Crippen molar-refractivity contribution in [3.05, 3.63) is 63.7 Å². The van der Waals surface area contributed by atoms with E-state index in [0.29, 0.717) is 5.75 Å². The third-order valence-corrected chi connectivity index (χ3v) is 4.21. The van der Waals surface area contributed by atoms with Crippen LogP contribution in [0.2, 0.25) is 0 Å². The van der Waals surface area contributed by atoms with E-state index in [-0.39, 0.29) is 0 Å². The van der Waals surface area contributed by atoms with Crippen molar-refractivity contribution in [3.63, 3.8) is 0 Å². The van der Waals surface area contributed by atoms with Gasteiger partial charge in [-0.2, -0.15) is 0 Å². The number of carbonyl (C=O) groups excluding carboxylic acids is 1. The van der Waals surface area contributed by atoms with E-state index in [0.717, 1.165) is 27.8 Å². The standard InChI is InChI=1S/C20H20O2/c1-13-14(2)16(4)20(17(5)15(13)3)22-19(21)12-11-18-9-7-6-8-10-18/h6-10H,1-5H3. The minimum atomic E-state index is -0.530. The van der Waals surface area contributed by atoms with Gasteiger partial charge in [0.2, 0.25) is 0 Å². The number of esters is 1. The van der Waals surface area contributed by atoms with Gasteiger partial charge in [-0.25, -0.2) is 4.79 Å². The van der Waals surface area contributed by atoms with Gasteiger partial charge >= 0.3 is 5.97 Å². The van der Waals surface area contributed by atoms with Gasteiger partial charge in [0.1, 0.15) is 5.75 Å². The Kier molecular flexibility index (Phi) is 4.68. The van der Waals surface area contributed by atoms with Crippen LogP contribution < -0.4 is 4.74 Å². The van der Waals surface area contributed by atoms with Gasteiger partial charge < -0.3 is 4.74 Å². The number of rotatable bonds is 1. The molecule has 0 aliphatic heterocycles. The highest BCUT2D eigenvalue weighted by Crippen LogP contribution is 2.32. The fourth-order valence-corrected chi connectivity index (χ4v) is 2.38. The zero-order chi connectivity index (χ0) is 16.3. The Hall–Kier alpha value is -2.53. The van der Waals surface area contributed by atoms with Crippen LogP contribution in [0.4, 0.5) is 0 Å². The van der Waals surface area contributed by atoms with E-state index in [9.17, 15) is 4.79 Å². The van der Waals surface area contributed by atoms with Crippen molar-refractivity contribution in [2.75, 3.05) is 0 Å². The van der Waals surface area contributed by atoms with Crippen LogP contribution in [0.1, 0.15) is 33.4 Å². The zero-order valence-electron chi connectivity index (χ0n) is 13.7. The van der Waals surface area contributed by atoms with Gasteiger partial charge in [-0.05, 0) is 74.6 Å². The summed E-state index contributed by atoms with van der Waals surface area (Å²) in [7, 11) is 0. The highest BCUT2D eigenvalue weighted by Gasteiger charge is 2.15. The summed E-state index contributed by atoms with van der Waals surface area (Å²) in [6, 6.07) is 9.40. The second-order valence-electron chi connectivity index (χ2n) is 5.46. The van der Waals surface area contributed by atoms with Crippen LogP contribution in [0.5, 0.6) is 5.75 Å².